The molecule has 3 rings (SSSR count). The number of amides is 1. The van der Waals surface area contributed by atoms with Crippen molar-refractivity contribution in [3.8, 4) is 0 Å². The predicted molar refractivity (Wildman–Crippen MR) is 78.4 cm³/mol. The van der Waals surface area contributed by atoms with E-state index < -0.39 is 5.82 Å². The van der Waals surface area contributed by atoms with E-state index in [1.54, 1.807) is 0 Å². The van der Waals surface area contributed by atoms with Gasteiger partial charge in [0.1, 0.15) is 0 Å². The van der Waals surface area contributed by atoms with Crippen molar-refractivity contribution < 1.29 is 9.18 Å². The van der Waals surface area contributed by atoms with Crippen LogP contribution in [-0.4, -0.2) is 39.4 Å². The van der Waals surface area contributed by atoms with Gasteiger partial charge >= 0.3 is 0 Å². The summed E-state index contributed by atoms with van der Waals surface area (Å²) in [6.45, 7) is 1.48. The maximum Gasteiger partial charge on any atom is 0.257 e. The number of pyridine rings is 1. The molecule has 3 nitrogen and oxygen atoms in total. The lowest BCUT2D eigenvalue weighted by Crippen LogP contribution is -2.50. The van der Waals surface area contributed by atoms with Crippen LogP contribution in [0, 0.1) is 5.82 Å². The minimum atomic E-state index is -0.520. The molecule has 2 aliphatic rings. The number of nitrogens with zero attached hydrogens (tertiary/aromatic N) is 2. The van der Waals surface area contributed by atoms with Crippen LogP contribution in [0.3, 0.4) is 0 Å². The second-order valence-corrected chi connectivity index (χ2v) is 7.24. The molecule has 1 spiro atoms. The third-order valence-electron chi connectivity index (χ3n) is 4.30. The van der Waals surface area contributed by atoms with Gasteiger partial charge in [0.25, 0.3) is 5.91 Å². The van der Waals surface area contributed by atoms with Crippen LogP contribution in [0.5, 0.6) is 0 Å². The fourth-order valence-electron chi connectivity index (χ4n) is 3.24. The van der Waals surface area contributed by atoms with E-state index in [-0.39, 0.29) is 16.2 Å². The Morgan fingerprint density at radius 3 is 2.90 bits per heavy atom. The summed E-state index contributed by atoms with van der Waals surface area (Å²) in [7, 11) is 0. The van der Waals surface area contributed by atoms with Crippen molar-refractivity contribution in [3.05, 3.63) is 29.8 Å². The predicted octanol–water partition coefficient (Wildman–Crippen LogP) is 3.11. The van der Waals surface area contributed by atoms with Gasteiger partial charge in [-0.3, -0.25) is 9.78 Å². The van der Waals surface area contributed by atoms with Crippen LogP contribution in [0.1, 0.15) is 42.5 Å². The first-order valence-corrected chi connectivity index (χ1v) is 8.22. The van der Waals surface area contributed by atoms with E-state index in [1.165, 1.54) is 44.4 Å². The fraction of sp³-hybridized carbons (Fsp3) is 0.600. The van der Waals surface area contributed by atoms with Crippen LogP contribution >= 0.6 is 11.8 Å². The summed E-state index contributed by atoms with van der Waals surface area (Å²) in [6.07, 6.45) is 8.75. The van der Waals surface area contributed by atoms with E-state index >= 15 is 0 Å². The van der Waals surface area contributed by atoms with Crippen molar-refractivity contribution >= 4 is 17.7 Å². The Kier molecular flexibility index (Phi) is 3.96. The molecule has 0 unspecified atom stereocenters. The molecule has 1 saturated heterocycles. The van der Waals surface area contributed by atoms with Crippen molar-refractivity contribution in [1.82, 2.24) is 9.88 Å². The first-order chi connectivity index (χ1) is 9.70. The topological polar surface area (TPSA) is 33.2 Å². The number of rotatable bonds is 1. The monoisotopic (exact) mass is 294 g/mol. The lowest BCUT2D eigenvalue weighted by molar-refractivity contribution is 0.0725. The van der Waals surface area contributed by atoms with Gasteiger partial charge in [0, 0.05) is 29.8 Å². The molecule has 20 heavy (non-hydrogen) atoms. The second kappa shape index (κ2) is 5.72. The first kappa shape index (κ1) is 13.9. The van der Waals surface area contributed by atoms with E-state index in [0.29, 0.717) is 6.54 Å². The highest BCUT2D eigenvalue weighted by Gasteiger charge is 2.39. The minimum absolute atomic E-state index is 0.151. The summed E-state index contributed by atoms with van der Waals surface area (Å²) < 4.78 is 13.9. The lowest BCUT2D eigenvalue weighted by Gasteiger charge is -2.44. The highest BCUT2D eigenvalue weighted by Crippen LogP contribution is 2.43. The highest BCUT2D eigenvalue weighted by atomic mass is 32.2. The SMILES string of the molecule is O=C(c1ccncc1F)N1CCSC2(CCCCC2)C1. The molecule has 2 heterocycles. The first-order valence-electron chi connectivity index (χ1n) is 7.23. The van der Waals surface area contributed by atoms with E-state index in [9.17, 15) is 9.18 Å². The molecule has 0 radical (unpaired) electrons. The van der Waals surface area contributed by atoms with E-state index in [1.807, 2.05) is 16.7 Å². The van der Waals surface area contributed by atoms with Crippen molar-refractivity contribution in [3.63, 3.8) is 0 Å². The van der Waals surface area contributed by atoms with Gasteiger partial charge in [-0.25, -0.2) is 4.39 Å². The van der Waals surface area contributed by atoms with Gasteiger partial charge in [-0.2, -0.15) is 11.8 Å². The summed E-state index contributed by atoms with van der Waals surface area (Å²) in [5.74, 6) is 0.252. The largest absolute Gasteiger partial charge is 0.336 e. The number of thioether (sulfide) groups is 1. The number of carbonyl (C=O) groups is 1. The number of aromatic nitrogens is 1. The van der Waals surface area contributed by atoms with Gasteiger partial charge in [-0.05, 0) is 18.9 Å². The molecule has 1 aliphatic heterocycles. The summed E-state index contributed by atoms with van der Waals surface area (Å²) in [5, 5.41) is 0. The van der Waals surface area contributed by atoms with Gasteiger partial charge < -0.3 is 4.90 Å². The quantitative estimate of drug-likeness (QED) is 0.798. The van der Waals surface area contributed by atoms with Crippen LogP contribution in [-0.2, 0) is 0 Å². The van der Waals surface area contributed by atoms with Crippen LogP contribution in [0.2, 0.25) is 0 Å². The smallest absolute Gasteiger partial charge is 0.257 e. The van der Waals surface area contributed by atoms with E-state index in [0.717, 1.165) is 18.5 Å². The zero-order chi connectivity index (χ0) is 14.0. The summed E-state index contributed by atoms with van der Waals surface area (Å²) in [5.41, 5.74) is 0.151. The average molecular weight is 294 g/mol. The summed E-state index contributed by atoms with van der Waals surface area (Å²) in [6, 6.07) is 1.48. The van der Waals surface area contributed by atoms with Crippen molar-refractivity contribution in [2.45, 2.75) is 36.9 Å². The van der Waals surface area contributed by atoms with Gasteiger partial charge in [0.05, 0.1) is 11.8 Å². The highest BCUT2D eigenvalue weighted by molar-refractivity contribution is 8.00. The molecule has 0 N–H and O–H groups in total. The molecule has 0 aromatic carbocycles. The molecule has 1 aromatic heterocycles. The molecule has 1 aliphatic carbocycles. The Morgan fingerprint density at radius 1 is 1.35 bits per heavy atom. The molecule has 1 saturated carbocycles. The van der Waals surface area contributed by atoms with E-state index in [2.05, 4.69) is 4.98 Å². The summed E-state index contributed by atoms with van der Waals surface area (Å²) >= 11 is 2.01. The van der Waals surface area contributed by atoms with Gasteiger partial charge in [0.15, 0.2) is 5.82 Å². The molecular formula is C15H19FN2OS. The number of hydrogen-bond acceptors (Lipinski definition) is 3. The Morgan fingerprint density at radius 2 is 2.15 bits per heavy atom. The lowest BCUT2D eigenvalue weighted by atomic mass is 9.87. The maximum atomic E-state index is 13.7. The Labute approximate surface area is 122 Å². The van der Waals surface area contributed by atoms with Gasteiger partial charge in [0.2, 0.25) is 0 Å². The molecule has 0 atom stereocenters. The Hall–Kier alpha value is -1.10. The third kappa shape index (κ3) is 2.68. The molecule has 2 fully saturated rings. The third-order valence-corrected chi connectivity index (χ3v) is 5.84. The molecule has 108 valence electrons. The van der Waals surface area contributed by atoms with Crippen LogP contribution in [0.4, 0.5) is 4.39 Å². The minimum Gasteiger partial charge on any atom is -0.336 e. The number of carbonyl (C=O) groups excluding carboxylic acids is 1. The van der Waals surface area contributed by atoms with Crippen molar-refractivity contribution in [2.24, 2.45) is 0 Å². The Bertz CT molecular complexity index is 497. The maximum absolute atomic E-state index is 13.7. The Balaban J connectivity index is 1.77. The second-order valence-electron chi connectivity index (χ2n) is 5.67. The van der Waals surface area contributed by atoms with Crippen molar-refractivity contribution in [2.75, 3.05) is 18.8 Å². The number of halogens is 1. The number of hydrogen-bond donors (Lipinski definition) is 0. The standard InChI is InChI=1S/C15H19FN2OS/c16-13-10-17-7-4-12(13)14(19)18-8-9-20-15(11-18)5-2-1-3-6-15/h4,7,10H,1-3,5-6,8-9,11H2. The zero-order valence-electron chi connectivity index (χ0n) is 11.5. The van der Waals surface area contributed by atoms with Gasteiger partial charge in [-0.1, -0.05) is 19.3 Å². The molecule has 1 amide bonds. The molecule has 0 bridgehead atoms. The average Bonchev–Trinajstić information content (AvgIpc) is 2.48. The molecule has 1 aromatic rings. The molecule has 5 heteroatoms. The summed E-state index contributed by atoms with van der Waals surface area (Å²) in [4.78, 5) is 18.0. The van der Waals surface area contributed by atoms with Crippen LogP contribution in [0.15, 0.2) is 18.5 Å². The van der Waals surface area contributed by atoms with Crippen LogP contribution in [0.25, 0.3) is 0 Å². The van der Waals surface area contributed by atoms with Crippen LogP contribution < -0.4 is 0 Å². The molecular weight excluding hydrogens is 275 g/mol. The fourth-order valence-corrected chi connectivity index (χ4v) is 4.80. The zero-order valence-corrected chi connectivity index (χ0v) is 12.3. The van der Waals surface area contributed by atoms with Gasteiger partial charge in [-0.15, -0.1) is 0 Å². The normalized spacial score (nSPS) is 21.9. The van der Waals surface area contributed by atoms with E-state index in [4.69, 9.17) is 0 Å². The van der Waals surface area contributed by atoms with Crippen molar-refractivity contribution in [1.29, 1.82) is 0 Å².